The lowest BCUT2D eigenvalue weighted by Gasteiger charge is -2.45. The number of carbonyl (C=O) groups is 1. The van der Waals surface area contributed by atoms with E-state index in [1.54, 1.807) is 0 Å². The Hall–Kier alpha value is -0.630. The van der Waals surface area contributed by atoms with Crippen molar-refractivity contribution in [2.24, 2.45) is 5.92 Å². The number of Topliss-reactive ketones (excluding diaryl/α,β-unsaturated/α-hetero) is 1. The molecule has 0 spiro atoms. The van der Waals surface area contributed by atoms with Crippen molar-refractivity contribution in [3.05, 3.63) is 11.1 Å². The summed E-state index contributed by atoms with van der Waals surface area (Å²) in [5.41, 5.74) is 2.76. The predicted molar refractivity (Wildman–Crippen MR) is 68.9 cm³/mol. The van der Waals surface area contributed by atoms with Crippen LogP contribution in [0.5, 0.6) is 0 Å². The van der Waals surface area contributed by atoms with Crippen LogP contribution in [-0.2, 0) is 4.79 Å². The van der Waals surface area contributed by atoms with Crippen molar-refractivity contribution in [1.29, 1.82) is 0 Å². The third kappa shape index (κ3) is 1.97. The van der Waals surface area contributed by atoms with Gasteiger partial charge in [-0.05, 0) is 63.1 Å². The Morgan fingerprint density at radius 3 is 2.94 bits per heavy atom. The van der Waals surface area contributed by atoms with E-state index in [1.165, 1.54) is 49.9 Å². The Bertz CT molecular complexity index is 358. The number of ketones is 1. The van der Waals surface area contributed by atoms with Gasteiger partial charge < -0.3 is 4.90 Å². The molecule has 1 saturated heterocycles. The Kier molecular flexibility index (Phi) is 3.08. The molecule has 0 aromatic carbocycles. The fourth-order valence-electron chi connectivity index (χ4n) is 4.10. The van der Waals surface area contributed by atoms with Crippen molar-refractivity contribution in [2.75, 3.05) is 13.1 Å². The number of hydrogen-bond donors (Lipinski definition) is 0. The summed E-state index contributed by atoms with van der Waals surface area (Å²) in [6.45, 7) is 4.73. The molecule has 0 saturated carbocycles. The summed E-state index contributed by atoms with van der Waals surface area (Å²) in [5, 5.41) is 0. The summed E-state index contributed by atoms with van der Waals surface area (Å²) in [7, 11) is 0. The fourth-order valence-corrected chi connectivity index (χ4v) is 4.10. The van der Waals surface area contributed by atoms with E-state index in [-0.39, 0.29) is 0 Å². The normalized spacial score (nSPS) is 34.5. The van der Waals surface area contributed by atoms with Gasteiger partial charge in [-0.2, -0.15) is 0 Å². The van der Waals surface area contributed by atoms with E-state index >= 15 is 0 Å². The first kappa shape index (κ1) is 11.5. The molecule has 2 heteroatoms. The molecule has 1 fully saturated rings. The second-order valence-corrected chi connectivity index (χ2v) is 5.87. The highest BCUT2D eigenvalue weighted by Crippen LogP contribution is 2.42. The maximum atomic E-state index is 12.0. The molecule has 1 aliphatic heterocycles. The molecule has 2 unspecified atom stereocenters. The molecular weight excluding hydrogens is 210 g/mol. The second-order valence-electron chi connectivity index (χ2n) is 5.87. The number of nitrogens with zero attached hydrogens (tertiary/aromatic N) is 1. The van der Waals surface area contributed by atoms with Crippen molar-refractivity contribution in [1.82, 2.24) is 4.90 Å². The van der Waals surface area contributed by atoms with Crippen molar-refractivity contribution in [2.45, 2.75) is 57.9 Å². The predicted octanol–water partition coefficient (Wildman–Crippen LogP) is 2.93. The second kappa shape index (κ2) is 4.56. The molecule has 3 aliphatic rings. The Morgan fingerprint density at radius 2 is 2.12 bits per heavy atom. The van der Waals surface area contributed by atoms with E-state index in [0.717, 1.165) is 31.2 Å². The van der Waals surface area contributed by atoms with E-state index < -0.39 is 0 Å². The van der Waals surface area contributed by atoms with Crippen LogP contribution < -0.4 is 0 Å². The molecule has 2 aliphatic carbocycles. The van der Waals surface area contributed by atoms with Gasteiger partial charge in [0.1, 0.15) is 0 Å². The number of carbonyl (C=O) groups excluding carboxylic acids is 1. The lowest BCUT2D eigenvalue weighted by molar-refractivity contribution is -0.116. The minimum Gasteiger partial charge on any atom is -0.300 e. The lowest BCUT2D eigenvalue weighted by atomic mass is 9.71. The summed E-state index contributed by atoms with van der Waals surface area (Å²) >= 11 is 0. The van der Waals surface area contributed by atoms with Crippen molar-refractivity contribution >= 4 is 5.78 Å². The zero-order valence-electron chi connectivity index (χ0n) is 10.9. The zero-order chi connectivity index (χ0) is 11.8. The molecule has 3 rings (SSSR count). The maximum Gasteiger partial charge on any atom is 0.158 e. The van der Waals surface area contributed by atoms with Crippen LogP contribution >= 0.6 is 0 Å². The van der Waals surface area contributed by atoms with Crippen LogP contribution in [0.2, 0.25) is 0 Å². The van der Waals surface area contributed by atoms with Gasteiger partial charge >= 0.3 is 0 Å². The van der Waals surface area contributed by atoms with E-state index in [4.69, 9.17) is 0 Å². The minimum absolute atomic E-state index is 0.471. The highest BCUT2D eigenvalue weighted by molar-refractivity contribution is 5.97. The van der Waals surface area contributed by atoms with Gasteiger partial charge in [-0.15, -0.1) is 0 Å². The van der Waals surface area contributed by atoms with Crippen LogP contribution in [0.25, 0.3) is 0 Å². The first-order valence-electron chi connectivity index (χ1n) is 7.27. The lowest BCUT2D eigenvalue weighted by Crippen LogP contribution is -2.47. The zero-order valence-corrected chi connectivity index (χ0v) is 10.9. The molecule has 0 N–H and O–H groups in total. The van der Waals surface area contributed by atoms with Gasteiger partial charge in [0.2, 0.25) is 0 Å². The van der Waals surface area contributed by atoms with Crippen molar-refractivity contribution in [3.8, 4) is 0 Å². The molecule has 94 valence electrons. The SMILES string of the molecule is CCN1CCCC2CC3=C(CCCC3=O)CC21. The maximum absolute atomic E-state index is 12.0. The first-order chi connectivity index (χ1) is 8.29. The van der Waals surface area contributed by atoms with Gasteiger partial charge in [-0.25, -0.2) is 0 Å². The summed E-state index contributed by atoms with van der Waals surface area (Å²) in [6, 6.07) is 0.749. The fraction of sp³-hybridized carbons (Fsp3) is 0.800. The van der Waals surface area contributed by atoms with Gasteiger partial charge in [0.15, 0.2) is 5.78 Å². The van der Waals surface area contributed by atoms with Crippen molar-refractivity contribution in [3.63, 3.8) is 0 Å². The molecule has 0 aromatic heterocycles. The van der Waals surface area contributed by atoms with Gasteiger partial charge in [0.25, 0.3) is 0 Å². The minimum atomic E-state index is 0.471. The molecular formula is C15H23NO. The van der Waals surface area contributed by atoms with Crippen LogP contribution in [0.1, 0.15) is 51.9 Å². The van der Waals surface area contributed by atoms with E-state index in [1.807, 2.05) is 0 Å². The van der Waals surface area contributed by atoms with Gasteiger partial charge in [-0.3, -0.25) is 4.79 Å². The topological polar surface area (TPSA) is 20.3 Å². The van der Waals surface area contributed by atoms with Gasteiger partial charge in [0.05, 0.1) is 0 Å². The number of rotatable bonds is 1. The molecule has 0 bridgehead atoms. The summed E-state index contributed by atoms with van der Waals surface area (Å²) in [4.78, 5) is 14.6. The first-order valence-corrected chi connectivity index (χ1v) is 7.27. The Labute approximate surface area is 104 Å². The number of allylic oxidation sites excluding steroid dienone is 1. The monoisotopic (exact) mass is 233 g/mol. The van der Waals surface area contributed by atoms with E-state index in [9.17, 15) is 4.79 Å². The van der Waals surface area contributed by atoms with Crippen molar-refractivity contribution < 1.29 is 4.79 Å². The molecule has 2 nitrogen and oxygen atoms in total. The van der Waals surface area contributed by atoms with Crippen LogP contribution in [0.15, 0.2) is 11.1 Å². The highest BCUT2D eigenvalue weighted by Gasteiger charge is 2.38. The van der Waals surface area contributed by atoms with Crippen LogP contribution in [0.3, 0.4) is 0 Å². The van der Waals surface area contributed by atoms with Crippen LogP contribution in [0, 0.1) is 5.92 Å². The third-order valence-corrected chi connectivity index (χ3v) is 5.01. The number of likely N-dealkylation sites (tertiary alicyclic amines) is 1. The molecule has 0 amide bonds. The van der Waals surface area contributed by atoms with E-state index in [2.05, 4.69) is 11.8 Å². The molecule has 0 radical (unpaired) electrons. The Morgan fingerprint density at radius 1 is 1.24 bits per heavy atom. The van der Waals surface area contributed by atoms with Gasteiger partial charge in [0, 0.05) is 12.5 Å². The average molecular weight is 233 g/mol. The van der Waals surface area contributed by atoms with E-state index in [0.29, 0.717) is 5.78 Å². The quantitative estimate of drug-likeness (QED) is 0.694. The molecule has 0 aromatic rings. The summed E-state index contributed by atoms with van der Waals surface area (Å²) in [5.74, 6) is 1.24. The number of hydrogen-bond acceptors (Lipinski definition) is 2. The number of piperidine rings is 1. The molecule has 17 heavy (non-hydrogen) atoms. The highest BCUT2D eigenvalue weighted by atomic mass is 16.1. The smallest absolute Gasteiger partial charge is 0.158 e. The average Bonchev–Trinajstić information content (AvgIpc) is 2.36. The largest absolute Gasteiger partial charge is 0.300 e. The standard InChI is InChI=1S/C15H23NO/c1-2-16-8-4-6-12-9-13-11(10-14(12)16)5-3-7-15(13)17/h12,14H,2-10H2,1H3. The number of fused-ring (bicyclic) bond motifs is 1. The van der Waals surface area contributed by atoms with Crippen LogP contribution in [-0.4, -0.2) is 29.8 Å². The summed E-state index contributed by atoms with van der Waals surface area (Å²) < 4.78 is 0. The van der Waals surface area contributed by atoms with Crippen LogP contribution in [0.4, 0.5) is 0 Å². The van der Waals surface area contributed by atoms with Gasteiger partial charge in [-0.1, -0.05) is 12.5 Å². The molecule has 1 heterocycles. The molecule has 2 atom stereocenters. The third-order valence-electron chi connectivity index (χ3n) is 5.01. The summed E-state index contributed by atoms with van der Waals surface area (Å²) in [6.07, 6.45) is 8.06. The Balaban J connectivity index is 1.85.